The molecule has 4 nitrogen and oxygen atoms in total. The van der Waals surface area contributed by atoms with Crippen molar-refractivity contribution >= 4 is 22.8 Å². The van der Waals surface area contributed by atoms with Crippen molar-refractivity contribution in [2.75, 3.05) is 7.11 Å². The molecule has 92 valence electrons. The molecule has 1 amide bonds. The Bertz CT molecular complexity index is 420. The Morgan fingerprint density at radius 3 is 2.59 bits per heavy atom. The Morgan fingerprint density at radius 1 is 1.41 bits per heavy atom. The normalized spacial score (nSPS) is 11.7. The lowest BCUT2D eigenvalue weighted by Gasteiger charge is -2.14. The molecular weight excluding hydrogens is 242 g/mol. The lowest BCUT2D eigenvalue weighted by molar-refractivity contribution is -0.113. The van der Waals surface area contributed by atoms with Gasteiger partial charge in [-0.05, 0) is 30.2 Å². The largest absolute Gasteiger partial charge is 0.496 e. The minimum absolute atomic E-state index is 0.372. The molecular formula is C12H14ClNO3. The van der Waals surface area contributed by atoms with Crippen molar-refractivity contribution in [1.29, 1.82) is 0 Å². The average molecular weight is 256 g/mol. The molecule has 0 aromatic heterocycles. The Morgan fingerprint density at radius 2 is 2.06 bits per heavy atom. The van der Waals surface area contributed by atoms with Crippen LogP contribution in [0, 0.1) is 0 Å². The maximum atomic E-state index is 11.9. The van der Waals surface area contributed by atoms with Gasteiger partial charge in [-0.25, -0.2) is 0 Å². The van der Waals surface area contributed by atoms with Crippen LogP contribution in [-0.2, 0) is 4.79 Å². The van der Waals surface area contributed by atoms with E-state index >= 15 is 0 Å². The van der Waals surface area contributed by atoms with Gasteiger partial charge in [-0.1, -0.05) is 19.1 Å². The molecule has 0 fully saturated rings. The van der Waals surface area contributed by atoms with Crippen LogP contribution < -0.4 is 10.1 Å². The van der Waals surface area contributed by atoms with Crippen LogP contribution in [-0.4, -0.2) is 24.3 Å². The molecule has 1 aromatic carbocycles. The molecule has 0 saturated carbocycles. The van der Waals surface area contributed by atoms with Crippen molar-refractivity contribution in [3.8, 4) is 5.75 Å². The van der Waals surface area contributed by atoms with Gasteiger partial charge < -0.3 is 10.1 Å². The number of hydrogen-bond acceptors (Lipinski definition) is 3. The molecule has 0 aliphatic heterocycles. The smallest absolute Gasteiger partial charge is 0.255 e. The van der Waals surface area contributed by atoms with Crippen LogP contribution in [0.5, 0.6) is 5.75 Å². The monoisotopic (exact) mass is 255 g/mol. The summed E-state index contributed by atoms with van der Waals surface area (Å²) in [6, 6.07) is 6.12. The van der Waals surface area contributed by atoms with Crippen molar-refractivity contribution in [1.82, 2.24) is 5.32 Å². The van der Waals surface area contributed by atoms with Crippen LogP contribution in [0.25, 0.3) is 0 Å². The fraction of sp³-hybridized carbons (Fsp3) is 0.333. The van der Waals surface area contributed by atoms with E-state index in [4.69, 9.17) is 16.3 Å². The number of halogens is 1. The van der Waals surface area contributed by atoms with Crippen LogP contribution in [0.15, 0.2) is 24.3 Å². The molecule has 1 rings (SSSR count). The third-order valence-corrected chi connectivity index (χ3v) is 2.60. The van der Waals surface area contributed by atoms with E-state index in [0.717, 1.165) is 0 Å². The number of hydrogen-bond donors (Lipinski definition) is 1. The summed E-state index contributed by atoms with van der Waals surface area (Å²) in [7, 11) is 1.48. The summed E-state index contributed by atoms with van der Waals surface area (Å²) in [4.78, 5) is 22.9. The first kappa shape index (κ1) is 13.5. The van der Waals surface area contributed by atoms with Gasteiger partial charge in [0.15, 0.2) is 0 Å². The first-order chi connectivity index (χ1) is 8.10. The van der Waals surface area contributed by atoms with Crippen molar-refractivity contribution in [2.45, 2.75) is 19.4 Å². The van der Waals surface area contributed by atoms with Crippen LogP contribution in [0.3, 0.4) is 0 Å². The number of ether oxygens (including phenoxy) is 1. The molecule has 0 bridgehead atoms. The highest BCUT2D eigenvalue weighted by atomic mass is 35.5. The highest BCUT2D eigenvalue weighted by Crippen LogP contribution is 2.17. The van der Waals surface area contributed by atoms with Gasteiger partial charge in [0.1, 0.15) is 11.8 Å². The van der Waals surface area contributed by atoms with E-state index in [1.165, 1.54) is 7.11 Å². The Hall–Kier alpha value is -1.55. The molecule has 0 radical (unpaired) electrons. The maximum absolute atomic E-state index is 11.9. The number of benzene rings is 1. The summed E-state index contributed by atoms with van der Waals surface area (Å²) in [5.74, 6) is 0.0881. The first-order valence-corrected chi connectivity index (χ1v) is 5.61. The Labute approximate surface area is 105 Å². The second kappa shape index (κ2) is 6.25. The predicted octanol–water partition coefficient (Wildman–Crippen LogP) is 1.97. The van der Waals surface area contributed by atoms with E-state index in [1.54, 1.807) is 31.2 Å². The van der Waals surface area contributed by atoms with E-state index in [-0.39, 0.29) is 5.91 Å². The minimum atomic E-state index is -0.672. The zero-order chi connectivity index (χ0) is 12.8. The van der Waals surface area contributed by atoms with Crippen molar-refractivity contribution in [3.05, 3.63) is 29.8 Å². The summed E-state index contributed by atoms with van der Waals surface area (Å²) >= 11 is 5.36. The van der Waals surface area contributed by atoms with Gasteiger partial charge in [0.05, 0.1) is 12.7 Å². The number of rotatable bonds is 5. The molecule has 1 N–H and O–H groups in total. The Kier molecular flexibility index (Phi) is 4.97. The van der Waals surface area contributed by atoms with E-state index in [0.29, 0.717) is 17.7 Å². The number of para-hydroxylation sites is 1. The second-order valence-corrected chi connectivity index (χ2v) is 3.81. The Balaban J connectivity index is 2.86. The first-order valence-electron chi connectivity index (χ1n) is 5.23. The summed E-state index contributed by atoms with van der Waals surface area (Å²) in [5, 5.41) is 1.98. The van der Waals surface area contributed by atoms with Crippen molar-refractivity contribution in [2.24, 2.45) is 0 Å². The number of methoxy groups -OCH3 is 1. The predicted molar refractivity (Wildman–Crippen MR) is 65.4 cm³/mol. The zero-order valence-electron chi connectivity index (χ0n) is 9.70. The quantitative estimate of drug-likeness (QED) is 0.819. The molecule has 5 heteroatoms. The van der Waals surface area contributed by atoms with Crippen molar-refractivity contribution in [3.63, 3.8) is 0 Å². The average Bonchev–Trinajstić information content (AvgIpc) is 2.35. The van der Waals surface area contributed by atoms with Gasteiger partial charge in [0, 0.05) is 0 Å². The number of carbonyl (C=O) groups excluding carboxylic acids is 2. The zero-order valence-corrected chi connectivity index (χ0v) is 10.5. The molecule has 1 atom stereocenters. The van der Waals surface area contributed by atoms with Crippen LogP contribution >= 0.6 is 11.6 Å². The standard InChI is InChI=1S/C12H14ClNO3/c1-3-9(11(13)15)14-12(16)8-6-4-5-7-10(8)17-2/h4-7,9H,3H2,1-2H3,(H,14,16). The van der Waals surface area contributed by atoms with E-state index < -0.39 is 11.3 Å². The van der Waals surface area contributed by atoms with E-state index in [9.17, 15) is 9.59 Å². The van der Waals surface area contributed by atoms with Gasteiger partial charge >= 0.3 is 0 Å². The summed E-state index contributed by atoms with van der Waals surface area (Å²) < 4.78 is 5.06. The van der Waals surface area contributed by atoms with Gasteiger partial charge in [-0.3, -0.25) is 9.59 Å². The number of amides is 1. The second-order valence-electron chi connectivity index (χ2n) is 3.44. The SMILES string of the molecule is CCC(NC(=O)c1ccccc1OC)C(=O)Cl. The van der Waals surface area contributed by atoms with Gasteiger partial charge in [0.2, 0.25) is 5.24 Å². The van der Waals surface area contributed by atoms with Gasteiger partial charge in [-0.2, -0.15) is 0 Å². The molecule has 1 aromatic rings. The number of nitrogens with one attached hydrogen (secondary N) is 1. The van der Waals surface area contributed by atoms with E-state index in [1.807, 2.05) is 0 Å². The summed E-state index contributed by atoms with van der Waals surface area (Å²) in [6.45, 7) is 1.77. The van der Waals surface area contributed by atoms with Gasteiger partial charge in [-0.15, -0.1) is 0 Å². The van der Waals surface area contributed by atoms with Crippen LogP contribution in [0.1, 0.15) is 23.7 Å². The fourth-order valence-corrected chi connectivity index (χ4v) is 1.60. The summed E-state index contributed by atoms with van der Waals surface area (Å²) in [6.07, 6.45) is 0.448. The molecule has 0 aliphatic carbocycles. The van der Waals surface area contributed by atoms with Crippen LogP contribution in [0.4, 0.5) is 0 Å². The molecule has 0 aliphatic rings. The molecule has 17 heavy (non-hydrogen) atoms. The third kappa shape index (κ3) is 3.46. The summed E-state index contributed by atoms with van der Waals surface area (Å²) in [5.41, 5.74) is 0.381. The van der Waals surface area contributed by atoms with Crippen molar-refractivity contribution < 1.29 is 14.3 Å². The van der Waals surface area contributed by atoms with Crippen LogP contribution in [0.2, 0.25) is 0 Å². The lowest BCUT2D eigenvalue weighted by Crippen LogP contribution is -2.38. The molecule has 0 heterocycles. The topological polar surface area (TPSA) is 55.4 Å². The minimum Gasteiger partial charge on any atom is -0.496 e. The molecule has 0 spiro atoms. The number of carbonyl (C=O) groups is 2. The maximum Gasteiger partial charge on any atom is 0.255 e. The molecule has 0 saturated heterocycles. The lowest BCUT2D eigenvalue weighted by atomic mass is 10.1. The van der Waals surface area contributed by atoms with Gasteiger partial charge in [0.25, 0.3) is 5.91 Å². The van der Waals surface area contributed by atoms with E-state index in [2.05, 4.69) is 5.32 Å². The molecule has 1 unspecified atom stereocenters. The highest BCUT2D eigenvalue weighted by Gasteiger charge is 2.19. The third-order valence-electron chi connectivity index (χ3n) is 2.34. The fourth-order valence-electron chi connectivity index (χ4n) is 1.39. The highest BCUT2D eigenvalue weighted by molar-refractivity contribution is 6.64.